The Morgan fingerprint density at radius 2 is 1.89 bits per heavy atom. The van der Waals surface area contributed by atoms with E-state index in [1.807, 2.05) is 0 Å². The molecular weight excluding hydrogens is 256 g/mol. The number of likely N-dealkylation sites (N-methyl/N-ethyl adjacent to an activating group) is 1. The van der Waals surface area contributed by atoms with Gasteiger partial charge in [-0.25, -0.2) is 9.59 Å². The molecule has 2 amide bonds. The summed E-state index contributed by atoms with van der Waals surface area (Å²) in [5, 5.41) is 20.4. The Hall–Kier alpha value is -1.83. The molecule has 8 heteroatoms. The fourth-order valence-electron chi connectivity index (χ4n) is 1.12. The number of aliphatic carboxylic acids is 1. The van der Waals surface area contributed by atoms with Gasteiger partial charge in [0.05, 0.1) is 13.2 Å². The number of aliphatic hydroxyl groups is 1. The average molecular weight is 276 g/mol. The predicted molar refractivity (Wildman–Crippen MR) is 65.5 cm³/mol. The molecule has 0 aromatic heterocycles. The van der Waals surface area contributed by atoms with Gasteiger partial charge in [-0.3, -0.25) is 4.79 Å². The molecular formula is C11H20N2O6. The number of esters is 1. The third-order valence-electron chi connectivity index (χ3n) is 2.34. The quantitative estimate of drug-likeness (QED) is 0.535. The van der Waals surface area contributed by atoms with Gasteiger partial charge in [0, 0.05) is 6.54 Å². The van der Waals surface area contributed by atoms with Crippen LogP contribution in [0.4, 0.5) is 4.79 Å². The van der Waals surface area contributed by atoms with Gasteiger partial charge in [0.1, 0.15) is 6.54 Å². The van der Waals surface area contributed by atoms with Crippen LogP contribution in [0.5, 0.6) is 0 Å². The van der Waals surface area contributed by atoms with Crippen LogP contribution in [0, 0.1) is 0 Å². The molecule has 1 unspecified atom stereocenters. The highest BCUT2D eigenvalue weighted by Gasteiger charge is 2.31. The minimum atomic E-state index is -2.06. The van der Waals surface area contributed by atoms with Crippen LogP contribution in [0.15, 0.2) is 0 Å². The van der Waals surface area contributed by atoms with Gasteiger partial charge >= 0.3 is 18.0 Å². The van der Waals surface area contributed by atoms with Crippen molar-refractivity contribution in [1.82, 2.24) is 10.2 Å². The van der Waals surface area contributed by atoms with E-state index >= 15 is 0 Å². The number of nitrogens with one attached hydrogen (secondary N) is 1. The standard InChI is InChI=1S/C11H20N2O6/c1-4-13(6-8(14)19-5-2)10(17)12-7-11(3,18)9(15)16/h18H,4-7H2,1-3H3,(H,12,17)(H,15,16). The summed E-state index contributed by atoms with van der Waals surface area (Å²) < 4.78 is 4.70. The van der Waals surface area contributed by atoms with Gasteiger partial charge in [-0.05, 0) is 20.8 Å². The second-order valence-corrected chi connectivity index (χ2v) is 4.06. The van der Waals surface area contributed by atoms with E-state index in [9.17, 15) is 19.5 Å². The normalized spacial score (nSPS) is 13.3. The van der Waals surface area contributed by atoms with Crippen LogP contribution in [-0.4, -0.2) is 64.9 Å². The SMILES string of the molecule is CCOC(=O)CN(CC)C(=O)NCC(C)(O)C(=O)O. The van der Waals surface area contributed by atoms with E-state index in [0.29, 0.717) is 0 Å². The second-order valence-electron chi connectivity index (χ2n) is 4.06. The van der Waals surface area contributed by atoms with Crippen molar-refractivity contribution in [3.8, 4) is 0 Å². The fraction of sp³-hybridized carbons (Fsp3) is 0.727. The van der Waals surface area contributed by atoms with Crippen molar-refractivity contribution < 1.29 is 29.3 Å². The lowest BCUT2D eigenvalue weighted by Gasteiger charge is -2.23. The Labute approximate surface area is 111 Å². The summed E-state index contributed by atoms with van der Waals surface area (Å²) >= 11 is 0. The van der Waals surface area contributed by atoms with Crippen LogP contribution in [0.25, 0.3) is 0 Å². The lowest BCUT2D eigenvalue weighted by Crippen LogP contribution is -2.51. The smallest absolute Gasteiger partial charge is 0.337 e. The van der Waals surface area contributed by atoms with Gasteiger partial charge in [0.25, 0.3) is 0 Å². The molecule has 0 saturated heterocycles. The third-order valence-corrected chi connectivity index (χ3v) is 2.34. The van der Waals surface area contributed by atoms with Crippen LogP contribution in [0.1, 0.15) is 20.8 Å². The van der Waals surface area contributed by atoms with E-state index in [-0.39, 0.29) is 19.7 Å². The zero-order valence-electron chi connectivity index (χ0n) is 11.3. The number of carbonyl (C=O) groups is 3. The van der Waals surface area contributed by atoms with Gasteiger partial charge in [-0.1, -0.05) is 0 Å². The molecule has 0 fully saturated rings. The molecule has 0 aromatic carbocycles. The molecule has 0 aliphatic carbocycles. The first-order valence-electron chi connectivity index (χ1n) is 5.88. The molecule has 1 atom stereocenters. The molecule has 0 bridgehead atoms. The van der Waals surface area contributed by atoms with Crippen LogP contribution < -0.4 is 5.32 Å². The molecule has 3 N–H and O–H groups in total. The van der Waals surface area contributed by atoms with Crippen molar-refractivity contribution in [3.63, 3.8) is 0 Å². The number of amides is 2. The molecule has 0 aliphatic rings. The minimum Gasteiger partial charge on any atom is -0.479 e. The zero-order chi connectivity index (χ0) is 15.1. The van der Waals surface area contributed by atoms with Crippen molar-refractivity contribution in [3.05, 3.63) is 0 Å². The Morgan fingerprint density at radius 3 is 2.32 bits per heavy atom. The highest BCUT2D eigenvalue weighted by atomic mass is 16.5. The number of hydrogen-bond acceptors (Lipinski definition) is 5. The molecule has 0 aliphatic heterocycles. The van der Waals surface area contributed by atoms with E-state index in [4.69, 9.17) is 9.84 Å². The Bertz CT molecular complexity index is 342. The summed E-state index contributed by atoms with van der Waals surface area (Å²) in [5.74, 6) is -1.99. The van der Waals surface area contributed by atoms with Crippen molar-refractivity contribution in [2.45, 2.75) is 26.4 Å². The first-order chi connectivity index (χ1) is 8.74. The maximum Gasteiger partial charge on any atom is 0.337 e. The van der Waals surface area contributed by atoms with Crippen molar-refractivity contribution in [2.24, 2.45) is 0 Å². The Kier molecular flexibility index (Phi) is 6.84. The van der Waals surface area contributed by atoms with Gasteiger partial charge < -0.3 is 25.2 Å². The van der Waals surface area contributed by atoms with Crippen molar-refractivity contribution in [2.75, 3.05) is 26.2 Å². The van der Waals surface area contributed by atoms with E-state index < -0.39 is 30.1 Å². The third kappa shape index (κ3) is 6.05. The molecule has 19 heavy (non-hydrogen) atoms. The molecule has 0 rings (SSSR count). The summed E-state index contributed by atoms with van der Waals surface area (Å²) in [6.07, 6.45) is 0. The summed E-state index contributed by atoms with van der Waals surface area (Å²) in [7, 11) is 0. The lowest BCUT2D eigenvalue weighted by molar-refractivity contribution is -0.155. The molecule has 0 saturated carbocycles. The van der Waals surface area contributed by atoms with Crippen LogP contribution in [0.3, 0.4) is 0 Å². The summed E-state index contributed by atoms with van der Waals surface area (Å²) in [6.45, 7) is 4.15. The molecule has 0 radical (unpaired) electrons. The largest absolute Gasteiger partial charge is 0.479 e. The van der Waals surface area contributed by atoms with Crippen LogP contribution in [-0.2, 0) is 14.3 Å². The van der Waals surface area contributed by atoms with E-state index in [1.165, 1.54) is 0 Å². The van der Waals surface area contributed by atoms with E-state index in [1.54, 1.807) is 13.8 Å². The molecule has 8 nitrogen and oxygen atoms in total. The van der Waals surface area contributed by atoms with Crippen molar-refractivity contribution in [1.29, 1.82) is 0 Å². The lowest BCUT2D eigenvalue weighted by atomic mass is 10.1. The summed E-state index contributed by atoms with van der Waals surface area (Å²) in [6, 6.07) is -0.642. The first-order valence-corrected chi connectivity index (χ1v) is 5.88. The fourth-order valence-corrected chi connectivity index (χ4v) is 1.12. The van der Waals surface area contributed by atoms with Crippen LogP contribution >= 0.6 is 0 Å². The number of urea groups is 1. The first kappa shape index (κ1) is 17.2. The molecule has 0 spiro atoms. The number of nitrogens with zero attached hydrogens (tertiary/aromatic N) is 1. The predicted octanol–water partition coefficient (Wildman–Crippen LogP) is -0.583. The topological polar surface area (TPSA) is 116 Å². The number of carbonyl (C=O) groups excluding carboxylic acids is 2. The van der Waals surface area contributed by atoms with E-state index in [0.717, 1.165) is 11.8 Å². The van der Waals surface area contributed by atoms with Gasteiger partial charge in [-0.15, -0.1) is 0 Å². The summed E-state index contributed by atoms with van der Waals surface area (Å²) in [5.41, 5.74) is -2.06. The number of carboxylic acid groups (broad SMARTS) is 1. The molecule has 110 valence electrons. The molecule has 0 aromatic rings. The van der Waals surface area contributed by atoms with Gasteiger partial charge in [0.2, 0.25) is 0 Å². The van der Waals surface area contributed by atoms with Gasteiger partial charge in [0.15, 0.2) is 5.60 Å². The zero-order valence-corrected chi connectivity index (χ0v) is 11.3. The number of carboxylic acids is 1. The van der Waals surface area contributed by atoms with E-state index in [2.05, 4.69) is 5.32 Å². The number of ether oxygens (including phenoxy) is 1. The molecule has 0 heterocycles. The maximum absolute atomic E-state index is 11.7. The highest BCUT2D eigenvalue weighted by Crippen LogP contribution is 2.01. The van der Waals surface area contributed by atoms with Gasteiger partial charge in [-0.2, -0.15) is 0 Å². The monoisotopic (exact) mass is 276 g/mol. The summed E-state index contributed by atoms with van der Waals surface area (Å²) in [4.78, 5) is 34.7. The maximum atomic E-state index is 11.7. The Morgan fingerprint density at radius 1 is 1.32 bits per heavy atom. The highest BCUT2D eigenvalue weighted by molar-refractivity contribution is 5.82. The average Bonchev–Trinajstić information content (AvgIpc) is 2.33. The minimum absolute atomic E-state index is 0.214. The van der Waals surface area contributed by atoms with Crippen molar-refractivity contribution >= 4 is 18.0 Å². The second kappa shape index (κ2) is 7.57. The Balaban J connectivity index is 4.37. The number of hydrogen-bond donors (Lipinski definition) is 3. The number of rotatable bonds is 7. The van der Waals surface area contributed by atoms with Crippen LogP contribution in [0.2, 0.25) is 0 Å².